The van der Waals surface area contributed by atoms with Gasteiger partial charge in [-0.25, -0.2) is 0 Å². The summed E-state index contributed by atoms with van der Waals surface area (Å²) in [5.74, 6) is 0.931. The number of ether oxygens (including phenoxy) is 1. The van der Waals surface area contributed by atoms with Crippen LogP contribution in [-0.4, -0.2) is 13.0 Å². The lowest BCUT2D eigenvalue weighted by Gasteiger charge is -2.14. The third-order valence-electron chi connectivity index (χ3n) is 3.71. The minimum absolute atomic E-state index is 0.0166. The molecule has 1 unspecified atom stereocenters. The number of rotatable bonds is 5. The van der Waals surface area contributed by atoms with E-state index in [4.69, 9.17) is 10.5 Å². The highest BCUT2D eigenvalue weighted by Gasteiger charge is 2.12. The highest BCUT2D eigenvalue weighted by molar-refractivity contribution is 5.92. The Hall–Kier alpha value is -2.49. The van der Waals surface area contributed by atoms with E-state index in [1.165, 1.54) is 0 Å². The molecule has 22 heavy (non-hydrogen) atoms. The molecule has 116 valence electrons. The Morgan fingerprint density at radius 1 is 1.23 bits per heavy atom. The molecule has 4 heteroatoms. The second-order valence-electron chi connectivity index (χ2n) is 5.50. The molecule has 1 amide bonds. The molecular formula is C18H22N2O2. The molecule has 3 N–H and O–H groups in total. The summed E-state index contributed by atoms with van der Waals surface area (Å²) >= 11 is 0. The summed E-state index contributed by atoms with van der Waals surface area (Å²) in [7, 11) is 1.64. The monoisotopic (exact) mass is 298 g/mol. The number of nitrogens with two attached hydrogens (primary N) is 1. The highest BCUT2D eigenvalue weighted by atomic mass is 16.5. The van der Waals surface area contributed by atoms with Gasteiger partial charge in [0, 0.05) is 17.8 Å². The summed E-state index contributed by atoms with van der Waals surface area (Å²) in [4.78, 5) is 12.2. The molecular weight excluding hydrogens is 276 g/mol. The number of nitrogens with one attached hydrogen (secondary N) is 1. The Morgan fingerprint density at radius 3 is 2.55 bits per heavy atom. The van der Waals surface area contributed by atoms with Crippen LogP contribution in [0.4, 0.5) is 11.4 Å². The first-order valence-electron chi connectivity index (χ1n) is 7.29. The standard InChI is InChI=1S/C18H22N2O2/c1-12-4-7-15(19)11-17(12)20-18(21)10-13(2)14-5-8-16(22-3)9-6-14/h4-9,11,13H,10,19H2,1-3H3,(H,20,21). The van der Waals surface area contributed by atoms with Gasteiger partial charge in [0.2, 0.25) is 5.91 Å². The van der Waals surface area contributed by atoms with Gasteiger partial charge < -0.3 is 15.8 Å². The maximum atomic E-state index is 12.2. The van der Waals surface area contributed by atoms with Gasteiger partial charge in [-0.15, -0.1) is 0 Å². The van der Waals surface area contributed by atoms with Crippen molar-refractivity contribution in [1.29, 1.82) is 0 Å². The van der Waals surface area contributed by atoms with Crippen LogP contribution >= 0.6 is 0 Å². The second-order valence-corrected chi connectivity index (χ2v) is 5.50. The zero-order valence-corrected chi connectivity index (χ0v) is 13.2. The van der Waals surface area contributed by atoms with Crippen molar-refractivity contribution in [2.75, 3.05) is 18.2 Å². The van der Waals surface area contributed by atoms with Crippen molar-refractivity contribution in [1.82, 2.24) is 0 Å². The fourth-order valence-corrected chi connectivity index (χ4v) is 2.30. The molecule has 0 aromatic heterocycles. The summed E-state index contributed by atoms with van der Waals surface area (Å²) in [6, 6.07) is 13.3. The average molecular weight is 298 g/mol. The lowest BCUT2D eigenvalue weighted by atomic mass is 9.97. The highest BCUT2D eigenvalue weighted by Crippen LogP contribution is 2.23. The molecule has 0 radical (unpaired) electrons. The number of benzene rings is 2. The predicted octanol–water partition coefficient (Wildman–Crippen LogP) is 3.72. The summed E-state index contributed by atoms with van der Waals surface area (Å²) < 4.78 is 5.14. The second kappa shape index (κ2) is 6.98. The fourth-order valence-electron chi connectivity index (χ4n) is 2.30. The van der Waals surface area contributed by atoms with Gasteiger partial charge in [0.1, 0.15) is 5.75 Å². The number of methoxy groups -OCH3 is 1. The van der Waals surface area contributed by atoms with Gasteiger partial charge in [0.25, 0.3) is 0 Å². The Bertz CT molecular complexity index is 651. The Labute approximate surface area is 131 Å². The summed E-state index contributed by atoms with van der Waals surface area (Å²) in [5, 5.41) is 2.93. The van der Waals surface area contributed by atoms with E-state index in [-0.39, 0.29) is 11.8 Å². The van der Waals surface area contributed by atoms with Crippen LogP contribution in [0.2, 0.25) is 0 Å². The molecule has 0 fully saturated rings. The van der Waals surface area contributed by atoms with Crippen LogP contribution in [0.3, 0.4) is 0 Å². The van der Waals surface area contributed by atoms with E-state index in [1.807, 2.05) is 50.2 Å². The van der Waals surface area contributed by atoms with Crippen molar-refractivity contribution < 1.29 is 9.53 Å². The third kappa shape index (κ3) is 4.01. The van der Waals surface area contributed by atoms with Crippen LogP contribution in [-0.2, 0) is 4.79 Å². The van der Waals surface area contributed by atoms with Gasteiger partial charge in [0.15, 0.2) is 0 Å². The molecule has 0 bridgehead atoms. The Kier molecular flexibility index (Phi) is 5.04. The number of anilines is 2. The van der Waals surface area contributed by atoms with Crippen LogP contribution in [0.25, 0.3) is 0 Å². The quantitative estimate of drug-likeness (QED) is 0.827. The molecule has 0 saturated heterocycles. The maximum absolute atomic E-state index is 12.2. The van der Waals surface area contributed by atoms with Gasteiger partial charge in [0.05, 0.1) is 7.11 Å². The average Bonchev–Trinajstić information content (AvgIpc) is 2.51. The molecule has 4 nitrogen and oxygen atoms in total. The minimum Gasteiger partial charge on any atom is -0.497 e. The topological polar surface area (TPSA) is 64.3 Å². The van der Waals surface area contributed by atoms with Gasteiger partial charge in [-0.3, -0.25) is 4.79 Å². The van der Waals surface area contributed by atoms with Crippen LogP contribution in [0.1, 0.15) is 30.4 Å². The van der Waals surface area contributed by atoms with Gasteiger partial charge in [-0.2, -0.15) is 0 Å². The maximum Gasteiger partial charge on any atom is 0.224 e. The first-order valence-corrected chi connectivity index (χ1v) is 7.29. The van der Waals surface area contributed by atoms with E-state index < -0.39 is 0 Å². The van der Waals surface area contributed by atoms with Crippen LogP contribution in [0.5, 0.6) is 5.75 Å². The number of aryl methyl sites for hydroxylation is 1. The van der Waals surface area contributed by atoms with Gasteiger partial charge >= 0.3 is 0 Å². The van der Waals surface area contributed by atoms with Crippen LogP contribution in [0.15, 0.2) is 42.5 Å². The van der Waals surface area contributed by atoms with Gasteiger partial charge in [-0.1, -0.05) is 25.1 Å². The van der Waals surface area contributed by atoms with Crippen molar-refractivity contribution in [2.45, 2.75) is 26.2 Å². The van der Waals surface area contributed by atoms with Crippen molar-refractivity contribution in [3.8, 4) is 5.75 Å². The number of amides is 1. The molecule has 0 aliphatic carbocycles. The number of carbonyl (C=O) groups excluding carboxylic acids is 1. The smallest absolute Gasteiger partial charge is 0.224 e. The number of hydrogen-bond donors (Lipinski definition) is 2. The molecule has 0 saturated carbocycles. The first-order chi connectivity index (χ1) is 10.5. The normalized spacial score (nSPS) is 11.8. The lowest BCUT2D eigenvalue weighted by Crippen LogP contribution is -2.15. The van der Waals surface area contributed by atoms with Crippen molar-refractivity contribution >= 4 is 17.3 Å². The van der Waals surface area contributed by atoms with E-state index in [1.54, 1.807) is 13.2 Å². The molecule has 1 atom stereocenters. The molecule has 2 aromatic rings. The van der Waals surface area contributed by atoms with Crippen molar-refractivity contribution in [3.63, 3.8) is 0 Å². The van der Waals surface area contributed by atoms with E-state index in [9.17, 15) is 4.79 Å². The van der Waals surface area contributed by atoms with E-state index >= 15 is 0 Å². The number of hydrogen-bond acceptors (Lipinski definition) is 3. The minimum atomic E-state index is -0.0166. The lowest BCUT2D eigenvalue weighted by molar-refractivity contribution is -0.116. The molecule has 0 heterocycles. The molecule has 0 aliphatic rings. The first kappa shape index (κ1) is 15.9. The molecule has 2 rings (SSSR count). The van der Waals surface area contributed by atoms with Crippen molar-refractivity contribution in [3.05, 3.63) is 53.6 Å². The number of carbonyl (C=O) groups is 1. The predicted molar refractivity (Wildman–Crippen MR) is 90.2 cm³/mol. The fraction of sp³-hybridized carbons (Fsp3) is 0.278. The van der Waals surface area contributed by atoms with E-state index in [0.717, 1.165) is 22.6 Å². The molecule has 2 aromatic carbocycles. The Balaban J connectivity index is 2.00. The zero-order chi connectivity index (χ0) is 16.1. The van der Waals surface area contributed by atoms with Crippen LogP contribution < -0.4 is 15.8 Å². The van der Waals surface area contributed by atoms with Crippen LogP contribution in [0, 0.1) is 6.92 Å². The van der Waals surface area contributed by atoms with E-state index in [2.05, 4.69) is 5.32 Å². The zero-order valence-electron chi connectivity index (χ0n) is 13.2. The largest absolute Gasteiger partial charge is 0.497 e. The van der Waals surface area contributed by atoms with Gasteiger partial charge in [-0.05, 0) is 48.2 Å². The van der Waals surface area contributed by atoms with E-state index in [0.29, 0.717) is 12.1 Å². The number of nitrogen functional groups attached to an aromatic ring is 1. The Morgan fingerprint density at radius 2 is 1.91 bits per heavy atom. The molecule has 0 spiro atoms. The summed E-state index contributed by atoms with van der Waals surface area (Å²) in [6.07, 6.45) is 0.417. The molecule has 0 aliphatic heterocycles. The summed E-state index contributed by atoms with van der Waals surface area (Å²) in [6.45, 7) is 3.98. The summed E-state index contributed by atoms with van der Waals surface area (Å²) in [5.41, 5.74) is 9.28. The SMILES string of the molecule is COc1ccc(C(C)CC(=O)Nc2cc(N)ccc2C)cc1. The third-order valence-corrected chi connectivity index (χ3v) is 3.71. The van der Waals surface area contributed by atoms with Crippen molar-refractivity contribution in [2.24, 2.45) is 0 Å².